The summed E-state index contributed by atoms with van der Waals surface area (Å²) >= 11 is 12.4. The van der Waals surface area contributed by atoms with Crippen LogP contribution in [0.25, 0.3) is 17.4 Å². The zero-order valence-electron chi connectivity index (χ0n) is 18.9. The van der Waals surface area contributed by atoms with E-state index in [2.05, 4.69) is 0 Å². The van der Waals surface area contributed by atoms with Gasteiger partial charge in [-0.05, 0) is 61.5 Å². The molecule has 3 aromatic carbocycles. The average molecular weight is 517 g/mol. The van der Waals surface area contributed by atoms with Crippen molar-refractivity contribution >= 4 is 58.5 Å². The van der Waals surface area contributed by atoms with Crippen LogP contribution in [0.2, 0.25) is 10.0 Å². The summed E-state index contributed by atoms with van der Waals surface area (Å²) in [7, 11) is 0. The summed E-state index contributed by atoms with van der Waals surface area (Å²) in [6, 6.07) is 23.0. The van der Waals surface area contributed by atoms with E-state index in [9.17, 15) is 14.4 Å². The molecule has 0 unspecified atom stereocenters. The Morgan fingerprint density at radius 1 is 0.722 bits per heavy atom. The molecule has 5 rings (SSSR count). The van der Waals surface area contributed by atoms with Crippen LogP contribution in [0.15, 0.2) is 94.9 Å². The predicted molar refractivity (Wildman–Crippen MR) is 140 cm³/mol. The highest BCUT2D eigenvalue weighted by Crippen LogP contribution is 2.35. The number of para-hydroxylation sites is 1. The van der Waals surface area contributed by atoms with E-state index in [-0.39, 0.29) is 11.3 Å². The van der Waals surface area contributed by atoms with Crippen molar-refractivity contribution < 1.29 is 18.8 Å². The quantitative estimate of drug-likeness (QED) is 0.213. The second-order valence-corrected chi connectivity index (χ2v) is 8.88. The molecule has 4 amide bonds. The molecule has 6 nitrogen and oxygen atoms in total. The number of halogens is 2. The van der Waals surface area contributed by atoms with Crippen LogP contribution in [0.1, 0.15) is 11.3 Å². The zero-order valence-corrected chi connectivity index (χ0v) is 20.5. The van der Waals surface area contributed by atoms with E-state index in [0.717, 1.165) is 15.4 Å². The molecule has 0 aliphatic carbocycles. The molecule has 0 saturated carbocycles. The van der Waals surface area contributed by atoms with Crippen molar-refractivity contribution in [1.82, 2.24) is 0 Å². The molecule has 0 radical (unpaired) electrons. The normalized spacial score (nSPS) is 15.2. The number of aryl methyl sites for hydroxylation is 1. The molecule has 0 bridgehead atoms. The molecule has 0 N–H and O–H groups in total. The van der Waals surface area contributed by atoms with E-state index in [4.69, 9.17) is 27.6 Å². The molecule has 1 aliphatic heterocycles. The van der Waals surface area contributed by atoms with Gasteiger partial charge in [0.1, 0.15) is 17.1 Å². The van der Waals surface area contributed by atoms with E-state index in [1.54, 1.807) is 84.9 Å². The lowest BCUT2D eigenvalue weighted by atomic mass is 10.1. The molecule has 1 saturated heterocycles. The van der Waals surface area contributed by atoms with Crippen molar-refractivity contribution in [3.05, 3.63) is 112 Å². The summed E-state index contributed by atoms with van der Waals surface area (Å²) in [6.07, 6.45) is 1.33. The Kier molecular flexibility index (Phi) is 6.22. The number of carbonyl (C=O) groups excluding carboxylic acids is 3. The first kappa shape index (κ1) is 23.6. The van der Waals surface area contributed by atoms with Crippen LogP contribution in [0.3, 0.4) is 0 Å². The topological polar surface area (TPSA) is 70.8 Å². The van der Waals surface area contributed by atoms with Gasteiger partial charge in [-0.2, -0.15) is 0 Å². The highest BCUT2D eigenvalue weighted by Gasteiger charge is 2.43. The third-order valence-electron chi connectivity index (χ3n) is 5.69. The number of urea groups is 1. The lowest BCUT2D eigenvalue weighted by molar-refractivity contribution is -0.121. The summed E-state index contributed by atoms with van der Waals surface area (Å²) in [6.45, 7) is 1.90. The Morgan fingerprint density at radius 2 is 1.36 bits per heavy atom. The van der Waals surface area contributed by atoms with Crippen LogP contribution in [0.5, 0.6) is 0 Å². The Labute approximate surface area is 217 Å². The van der Waals surface area contributed by atoms with Crippen molar-refractivity contribution in [3.8, 4) is 11.3 Å². The first-order valence-corrected chi connectivity index (χ1v) is 11.7. The molecular formula is C28H18Cl2N2O4. The van der Waals surface area contributed by atoms with Gasteiger partial charge in [-0.15, -0.1) is 0 Å². The van der Waals surface area contributed by atoms with Gasteiger partial charge in [-0.25, -0.2) is 14.6 Å². The van der Waals surface area contributed by atoms with E-state index in [1.807, 2.05) is 6.92 Å². The molecule has 1 aliphatic rings. The standard InChI is InChI=1S/C28H18Cl2N2O4/c1-17-10-12-19(13-11-17)32-27(34)22(26(33)31(28(32)35)18-6-3-2-4-7-18)16-20-14-15-24(36-20)21-8-5-9-23(29)25(21)30/h2-16H,1H3/b22-16-. The van der Waals surface area contributed by atoms with Crippen molar-refractivity contribution in [2.24, 2.45) is 0 Å². The SMILES string of the molecule is Cc1ccc(N2C(=O)/C(=C\c3ccc(-c4cccc(Cl)c4Cl)o3)C(=O)N(c3ccccc3)C2=O)cc1. The zero-order chi connectivity index (χ0) is 25.4. The Hall–Kier alpha value is -4.13. The molecule has 0 spiro atoms. The van der Waals surface area contributed by atoms with E-state index in [1.165, 1.54) is 6.08 Å². The molecule has 36 heavy (non-hydrogen) atoms. The first-order chi connectivity index (χ1) is 17.3. The fraction of sp³-hybridized carbons (Fsp3) is 0.0357. The van der Waals surface area contributed by atoms with Gasteiger partial charge in [0.15, 0.2) is 0 Å². The number of furan rings is 1. The van der Waals surface area contributed by atoms with Gasteiger partial charge in [-0.1, -0.05) is 65.2 Å². The number of carbonyl (C=O) groups is 3. The number of amides is 4. The first-order valence-electron chi connectivity index (χ1n) is 11.0. The molecule has 0 atom stereocenters. The van der Waals surface area contributed by atoms with Crippen molar-refractivity contribution in [2.45, 2.75) is 6.92 Å². The van der Waals surface area contributed by atoms with Crippen molar-refractivity contribution in [1.29, 1.82) is 0 Å². The van der Waals surface area contributed by atoms with Crippen LogP contribution >= 0.6 is 23.2 Å². The van der Waals surface area contributed by atoms with Gasteiger partial charge in [0.2, 0.25) is 0 Å². The van der Waals surface area contributed by atoms with Crippen molar-refractivity contribution in [2.75, 3.05) is 9.80 Å². The summed E-state index contributed by atoms with van der Waals surface area (Å²) in [5, 5.41) is 0.692. The summed E-state index contributed by atoms with van der Waals surface area (Å²) in [5.41, 5.74) is 1.99. The predicted octanol–water partition coefficient (Wildman–Crippen LogP) is 7.15. The van der Waals surface area contributed by atoms with E-state index < -0.39 is 17.8 Å². The maximum atomic E-state index is 13.5. The molecule has 2 heterocycles. The lowest BCUT2D eigenvalue weighted by Crippen LogP contribution is -2.57. The number of benzene rings is 3. The maximum absolute atomic E-state index is 13.5. The van der Waals surface area contributed by atoms with Gasteiger partial charge < -0.3 is 4.42 Å². The number of nitrogens with zero attached hydrogens (tertiary/aromatic N) is 2. The van der Waals surface area contributed by atoms with E-state index in [0.29, 0.717) is 32.7 Å². The third kappa shape index (κ3) is 4.21. The monoisotopic (exact) mass is 516 g/mol. The number of anilines is 2. The molecular weight excluding hydrogens is 499 g/mol. The minimum Gasteiger partial charge on any atom is -0.457 e. The molecule has 178 valence electrons. The second kappa shape index (κ2) is 9.49. The minimum absolute atomic E-state index is 0.225. The van der Waals surface area contributed by atoms with Gasteiger partial charge in [0.05, 0.1) is 21.4 Å². The third-order valence-corrected chi connectivity index (χ3v) is 6.51. The number of hydrogen-bond acceptors (Lipinski definition) is 4. The smallest absolute Gasteiger partial charge is 0.343 e. The van der Waals surface area contributed by atoms with Gasteiger partial charge in [-0.3, -0.25) is 9.59 Å². The van der Waals surface area contributed by atoms with Crippen LogP contribution in [0.4, 0.5) is 16.2 Å². The number of barbiturate groups is 1. The molecule has 8 heteroatoms. The van der Waals surface area contributed by atoms with Crippen LogP contribution in [-0.4, -0.2) is 17.8 Å². The van der Waals surface area contributed by atoms with Crippen molar-refractivity contribution in [3.63, 3.8) is 0 Å². The number of hydrogen-bond donors (Lipinski definition) is 0. The molecule has 1 fully saturated rings. The van der Waals surface area contributed by atoms with Crippen LogP contribution < -0.4 is 9.80 Å². The lowest BCUT2D eigenvalue weighted by Gasteiger charge is -2.33. The van der Waals surface area contributed by atoms with Gasteiger partial charge in [0, 0.05) is 5.56 Å². The summed E-state index contributed by atoms with van der Waals surface area (Å²) in [4.78, 5) is 42.3. The second-order valence-electron chi connectivity index (χ2n) is 8.10. The minimum atomic E-state index is -0.761. The maximum Gasteiger partial charge on any atom is 0.343 e. The fourth-order valence-corrected chi connectivity index (χ4v) is 4.26. The molecule has 1 aromatic heterocycles. The average Bonchev–Trinajstić information content (AvgIpc) is 3.34. The summed E-state index contributed by atoms with van der Waals surface area (Å²) in [5.74, 6) is -0.849. The highest BCUT2D eigenvalue weighted by atomic mass is 35.5. The number of rotatable bonds is 4. The van der Waals surface area contributed by atoms with Crippen LogP contribution in [0, 0.1) is 6.92 Å². The Bertz CT molecular complexity index is 1520. The Morgan fingerprint density at radius 3 is 2.03 bits per heavy atom. The number of imide groups is 2. The summed E-state index contributed by atoms with van der Waals surface area (Å²) < 4.78 is 5.88. The van der Waals surface area contributed by atoms with Crippen LogP contribution in [-0.2, 0) is 9.59 Å². The van der Waals surface area contributed by atoms with Gasteiger partial charge >= 0.3 is 6.03 Å². The van der Waals surface area contributed by atoms with Gasteiger partial charge in [0.25, 0.3) is 11.8 Å². The molecule has 4 aromatic rings. The fourth-order valence-electron chi connectivity index (χ4n) is 3.87. The highest BCUT2D eigenvalue weighted by molar-refractivity contribution is 6.46. The Balaban J connectivity index is 1.60. The van der Waals surface area contributed by atoms with E-state index >= 15 is 0 Å². The largest absolute Gasteiger partial charge is 0.457 e.